The topological polar surface area (TPSA) is 59.1 Å². The lowest BCUT2D eigenvalue weighted by molar-refractivity contribution is -0.132. The first-order valence-corrected chi connectivity index (χ1v) is 10.8. The van der Waals surface area contributed by atoms with Crippen LogP contribution in [0.15, 0.2) is 42.5 Å². The highest BCUT2D eigenvalue weighted by Gasteiger charge is 2.24. The molecule has 166 valence electrons. The number of ether oxygens (including phenoxy) is 2. The first-order chi connectivity index (χ1) is 14.9. The van der Waals surface area contributed by atoms with Crippen molar-refractivity contribution in [3.8, 4) is 11.5 Å². The Kier molecular flexibility index (Phi) is 7.55. The van der Waals surface area contributed by atoms with Crippen LogP contribution in [0.25, 0.3) is 0 Å². The third kappa shape index (κ3) is 5.57. The number of methoxy groups -OCH3 is 2. The van der Waals surface area contributed by atoms with E-state index in [1.165, 1.54) is 5.56 Å². The number of nitrogens with zero attached hydrogens (tertiary/aromatic N) is 2. The van der Waals surface area contributed by atoms with Crippen LogP contribution in [0.4, 0.5) is 0 Å². The van der Waals surface area contributed by atoms with Gasteiger partial charge in [0.2, 0.25) is 5.91 Å². The molecular formula is C25H32N2O4. The van der Waals surface area contributed by atoms with Crippen LogP contribution in [0.3, 0.4) is 0 Å². The average molecular weight is 425 g/mol. The molecule has 0 unspecified atom stereocenters. The number of benzene rings is 2. The highest BCUT2D eigenvalue weighted by molar-refractivity contribution is 5.94. The molecule has 2 amide bonds. The van der Waals surface area contributed by atoms with E-state index in [1.54, 1.807) is 14.2 Å². The number of amides is 2. The van der Waals surface area contributed by atoms with Crippen molar-refractivity contribution in [2.24, 2.45) is 0 Å². The summed E-state index contributed by atoms with van der Waals surface area (Å²) < 4.78 is 10.6. The maximum atomic E-state index is 12.8. The number of aryl methyl sites for hydroxylation is 1. The van der Waals surface area contributed by atoms with Gasteiger partial charge in [-0.15, -0.1) is 0 Å². The molecule has 31 heavy (non-hydrogen) atoms. The smallest absolute Gasteiger partial charge is 0.253 e. The van der Waals surface area contributed by atoms with Gasteiger partial charge in [-0.1, -0.05) is 32.0 Å². The number of carbonyl (C=O) groups is 2. The molecule has 0 aromatic heterocycles. The summed E-state index contributed by atoms with van der Waals surface area (Å²) in [5.74, 6) is 1.94. The number of hydrogen-bond donors (Lipinski definition) is 0. The van der Waals surface area contributed by atoms with E-state index in [4.69, 9.17) is 9.47 Å². The first-order valence-electron chi connectivity index (χ1n) is 10.8. The molecule has 1 aliphatic heterocycles. The molecule has 6 heteroatoms. The maximum absolute atomic E-state index is 12.8. The van der Waals surface area contributed by atoms with Crippen LogP contribution < -0.4 is 9.47 Å². The van der Waals surface area contributed by atoms with Crippen LogP contribution in [-0.2, 0) is 11.2 Å². The van der Waals surface area contributed by atoms with E-state index in [0.29, 0.717) is 62.0 Å². The Hall–Kier alpha value is -3.02. The van der Waals surface area contributed by atoms with E-state index in [9.17, 15) is 9.59 Å². The highest BCUT2D eigenvalue weighted by atomic mass is 16.5. The summed E-state index contributed by atoms with van der Waals surface area (Å²) in [5, 5.41) is 0. The van der Waals surface area contributed by atoms with Gasteiger partial charge >= 0.3 is 0 Å². The molecule has 1 heterocycles. The van der Waals surface area contributed by atoms with Crippen LogP contribution in [0, 0.1) is 0 Å². The fourth-order valence-corrected chi connectivity index (χ4v) is 3.80. The largest absolute Gasteiger partial charge is 0.493 e. The van der Waals surface area contributed by atoms with Crippen LogP contribution in [-0.4, -0.2) is 62.0 Å². The minimum Gasteiger partial charge on any atom is -0.493 e. The van der Waals surface area contributed by atoms with Crippen molar-refractivity contribution in [1.29, 1.82) is 0 Å². The van der Waals surface area contributed by atoms with Gasteiger partial charge in [0.15, 0.2) is 11.5 Å². The van der Waals surface area contributed by atoms with Gasteiger partial charge in [-0.2, -0.15) is 0 Å². The van der Waals surface area contributed by atoms with Crippen LogP contribution in [0.5, 0.6) is 11.5 Å². The molecule has 1 fully saturated rings. The minimum absolute atomic E-state index is 0.0349. The molecule has 0 bridgehead atoms. The molecule has 0 atom stereocenters. The fourth-order valence-electron chi connectivity index (χ4n) is 3.80. The molecule has 1 saturated heterocycles. The van der Waals surface area contributed by atoms with E-state index in [-0.39, 0.29) is 11.8 Å². The van der Waals surface area contributed by atoms with Gasteiger partial charge in [0.05, 0.1) is 14.2 Å². The Morgan fingerprint density at radius 3 is 2.06 bits per heavy atom. The standard InChI is InChI=1S/C25H32N2O4/c1-18(2)20-7-9-21(10-8-20)25(29)27-15-13-26(14-16-27)24(28)12-6-19-5-11-22(30-3)23(17-19)31-4/h5,7-11,17-18H,6,12-16H2,1-4H3. The zero-order valence-electron chi connectivity index (χ0n) is 18.9. The molecule has 2 aromatic rings. The molecule has 0 spiro atoms. The predicted molar refractivity (Wildman–Crippen MR) is 121 cm³/mol. The van der Waals surface area contributed by atoms with Crippen molar-refractivity contribution in [2.75, 3.05) is 40.4 Å². The highest BCUT2D eigenvalue weighted by Crippen LogP contribution is 2.28. The molecule has 0 N–H and O–H groups in total. The van der Waals surface area contributed by atoms with Crippen molar-refractivity contribution in [3.63, 3.8) is 0 Å². The summed E-state index contributed by atoms with van der Waals surface area (Å²) >= 11 is 0. The molecule has 3 rings (SSSR count). The van der Waals surface area contributed by atoms with Crippen molar-refractivity contribution in [2.45, 2.75) is 32.6 Å². The van der Waals surface area contributed by atoms with Crippen molar-refractivity contribution >= 4 is 11.8 Å². The lowest BCUT2D eigenvalue weighted by Gasteiger charge is -2.35. The Morgan fingerprint density at radius 1 is 0.871 bits per heavy atom. The van der Waals surface area contributed by atoms with E-state index >= 15 is 0 Å². The number of carbonyl (C=O) groups excluding carboxylic acids is 2. The van der Waals surface area contributed by atoms with Gasteiger partial charge in [-0.3, -0.25) is 9.59 Å². The lowest BCUT2D eigenvalue weighted by Crippen LogP contribution is -2.50. The van der Waals surface area contributed by atoms with Gasteiger partial charge in [0, 0.05) is 38.2 Å². The zero-order valence-corrected chi connectivity index (χ0v) is 18.9. The summed E-state index contributed by atoms with van der Waals surface area (Å²) in [4.78, 5) is 29.1. The lowest BCUT2D eigenvalue weighted by atomic mass is 10.0. The SMILES string of the molecule is COc1ccc(CCC(=O)N2CCN(C(=O)c3ccc(C(C)C)cc3)CC2)cc1OC. The number of rotatable bonds is 7. The molecule has 6 nitrogen and oxygen atoms in total. The van der Waals surface area contributed by atoms with Gasteiger partial charge < -0.3 is 19.3 Å². The summed E-state index contributed by atoms with van der Waals surface area (Å²) in [6.45, 7) is 6.54. The Bertz CT molecular complexity index is 900. The summed E-state index contributed by atoms with van der Waals surface area (Å²) in [6.07, 6.45) is 1.07. The molecule has 2 aromatic carbocycles. The van der Waals surface area contributed by atoms with Crippen LogP contribution in [0.1, 0.15) is 47.7 Å². The van der Waals surface area contributed by atoms with E-state index in [1.807, 2.05) is 52.3 Å². The van der Waals surface area contributed by atoms with Gasteiger partial charge in [-0.25, -0.2) is 0 Å². The average Bonchev–Trinajstić information content (AvgIpc) is 2.81. The van der Waals surface area contributed by atoms with Gasteiger partial charge in [0.25, 0.3) is 5.91 Å². The van der Waals surface area contributed by atoms with Crippen molar-refractivity contribution in [1.82, 2.24) is 9.80 Å². The quantitative estimate of drug-likeness (QED) is 0.679. The fraction of sp³-hybridized carbons (Fsp3) is 0.440. The third-order valence-electron chi connectivity index (χ3n) is 5.82. The van der Waals surface area contributed by atoms with E-state index in [0.717, 1.165) is 5.56 Å². The van der Waals surface area contributed by atoms with E-state index in [2.05, 4.69) is 13.8 Å². The van der Waals surface area contributed by atoms with Crippen LogP contribution >= 0.6 is 0 Å². The minimum atomic E-state index is 0.0349. The second kappa shape index (κ2) is 10.3. The normalized spacial score (nSPS) is 14.0. The third-order valence-corrected chi connectivity index (χ3v) is 5.82. The summed E-state index contributed by atoms with van der Waals surface area (Å²) in [7, 11) is 3.21. The van der Waals surface area contributed by atoms with Crippen LogP contribution in [0.2, 0.25) is 0 Å². The molecule has 0 aliphatic carbocycles. The summed E-state index contributed by atoms with van der Waals surface area (Å²) in [5.41, 5.74) is 2.96. The van der Waals surface area contributed by atoms with Gasteiger partial charge in [-0.05, 0) is 47.7 Å². The maximum Gasteiger partial charge on any atom is 0.253 e. The first kappa shape index (κ1) is 22.7. The predicted octanol–water partition coefficient (Wildman–Crippen LogP) is 3.74. The Morgan fingerprint density at radius 2 is 1.48 bits per heavy atom. The molecule has 0 saturated carbocycles. The number of piperazine rings is 1. The van der Waals surface area contributed by atoms with E-state index < -0.39 is 0 Å². The number of hydrogen-bond acceptors (Lipinski definition) is 4. The second-order valence-electron chi connectivity index (χ2n) is 8.14. The Balaban J connectivity index is 1.50. The zero-order chi connectivity index (χ0) is 22.4. The van der Waals surface area contributed by atoms with Crippen molar-refractivity contribution in [3.05, 3.63) is 59.2 Å². The van der Waals surface area contributed by atoms with Crippen molar-refractivity contribution < 1.29 is 19.1 Å². The second-order valence-corrected chi connectivity index (χ2v) is 8.14. The summed E-state index contributed by atoms with van der Waals surface area (Å²) in [6, 6.07) is 13.6. The molecule has 0 radical (unpaired) electrons. The molecular weight excluding hydrogens is 392 g/mol. The molecule has 1 aliphatic rings. The Labute approximate surface area is 184 Å². The monoisotopic (exact) mass is 424 g/mol. The van der Waals surface area contributed by atoms with Gasteiger partial charge in [0.1, 0.15) is 0 Å².